The molecule has 0 aliphatic rings. The number of carbonyl (C=O) groups is 3. The molecule has 0 aromatic heterocycles. The van der Waals surface area contributed by atoms with Crippen LogP contribution in [0.5, 0.6) is 11.5 Å². The molecule has 0 radical (unpaired) electrons. The molecule has 0 aliphatic carbocycles. The standard InChI is InChI=1S/C14H14O6/c1-9(14(17)18)3-6-13(16)20-12-5-4-11(19-2)7-10(12)8-15/h4-5,7-8H,1,3,6H2,2H3,(H,17,18). The Bertz CT molecular complexity index is 547. The minimum Gasteiger partial charge on any atom is -0.497 e. The van der Waals surface area contributed by atoms with Gasteiger partial charge in [0.15, 0.2) is 6.29 Å². The summed E-state index contributed by atoms with van der Waals surface area (Å²) in [5, 5.41) is 8.61. The van der Waals surface area contributed by atoms with Crippen molar-refractivity contribution in [3.63, 3.8) is 0 Å². The van der Waals surface area contributed by atoms with Crippen LogP contribution in [0.4, 0.5) is 0 Å². The second-order valence-corrected chi connectivity index (χ2v) is 3.90. The van der Waals surface area contributed by atoms with Crippen LogP contribution in [0.15, 0.2) is 30.4 Å². The van der Waals surface area contributed by atoms with Gasteiger partial charge in [0.25, 0.3) is 0 Å². The van der Waals surface area contributed by atoms with Crippen LogP contribution in [-0.2, 0) is 9.59 Å². The van der Waals surface area contributed by atoms with Gasteiger partial charge in [-0.15, -0.1) is 0 Å². The lowest BCUT2D eigenvalue weighted by Gasteiger charge is -2.08. The van der Waals surface area contributed by atoms with Crippen molar-refractivity contribution >= 4 is 18.2 Å². The van der Waals surface area contributed by atoms with Crippen molar-refractivity contribution in [3.8, 4) is 11.5 Å². The Morgan fingerprint density at radius 2 is 2.05 bits per heavy atom. The van der Waals surface area contributed by atoms with Gasteiger partial charge in [0.2, 0.25) is 0 Å². The maximum atomic E-state index is 11.6. The Balaban J connectivity index is 2.68. The Morgan fingerprint density at radius 3 is 2.60 bits per heavy atom. The van der Waals surface area contributed by atoms with Gasteiger partial charge in [-0.1, -0.05) is 6.58 Å². The van der Waals surface area contributed by atoms with Crippen LogP contribution in [-0.4, -0.2) is 30.4 Å². The molecule has 0 fully saturated rings. The molecule has 6 nitrogen and oxygen atoms in total. The number of carbonyl (C=O) groups excluding carboxylic acids is 2. The summed E-state index contributed by atoms with van der Waals surface area (Å²) in [7, 11) is 1.45. The fourth-order valence-electron chi connectivity index (χ4n) is 1.37. The number of esters is 1. The third-order valence-electron chi connectivity index (χ3n) is 2.50. The number of aliphatic carboxylic acids is 1. The number of benzene rings is 1. The number of carboxylic acid groups (broad SMARTS) is 1. The molecule has 106 valence electrons. The third kappa shape index (κ3) is 4.24. The smallest absolute Gasteiger partial charge is 0.330 e. The van der Waals surface area contributed by atoms with Crippen LogP contribution in [0.2, 0.25) is 0 Å². The van der Waals surface area contributed by atoms with E-state index in [1.807, 2.05) is 0 Å². The topological polar surface area (TPSA) is 89.9 Å². The summed E-state index contributed by atoms with van der Waals surface area (Å²) in [6.07, 6.45) is 0.400. The van der Waals surface area contributed by atoms with Gasteiger partial charge in [-0.25, -0.2) is 4.79 Å². The fraction of sp³-hybridized carbons (Fsp3) is 0.214. The summed E-state index contributed by atoms with van der Waals surface area (Å²) < 4.78 is 9.95. The normalized spacial score (nSPS) is 9.65. The molecule has 1 aromatic carbocycles. The zero-order valence-electron chi connectivity index (χ0n) is 10.9. The highest BCUT2D eigenvalue weighted by atomic mass is 16.5. The molecule has 0 unspecified atom stereocenters. The van der Waals surface area contributed by atoms with Gasteiger partial charge in [0.05, 0.1) is 19.1 Å². The van der Waals surface area contributed by atoms with E-state index in [-0.39, 0.29) is 29.7 Å². The highest BCUT2D eigenvalue weighted by molar-refractivity contribution is 5.87. The van der Waals surface area contributed by atoms with Crippen molar-refractivity contribution in [2.75, 3.05) is 7.11 Å². The van der Waals surface area contributed by atoms with Crippen molar-refractivity contribution in [3.05, 3.63) is 35.9 Å². The number of aldehydes is 1. The van der Waals surface area contributed by atoms with E-state index in [4.69, 9.17) is 14.6 Å². The molecule has 1 aromatic rings. The SMILES string of the molecule is C=C(CCC(=O)Oc1ccc(OC)cc1C=O)C(=O)O. The van der Waals surface area contributed by atoms with Gasteiger partial charge in [0, 0.05) is 5.57 Å². The van der Waals surface area contributed by atoms with Crippen LogP contribution in [0, 0.1) is 0 Å². The van der Waals surface area contributed by atoms with Gasteiger partial charge >= 0.3 is 11.9 Å². The molecular weight excluding hydrogens is 264 g/mol. The number of carboxylic acids is 1. The van der Waals surface area contributed by atoms with E-state index in [1.54, 1.807) is 6.07 Å². The molecule has 20 heavy (non-hydrogen) atoms. The van der Waals surface area contributed by atoms with Gasteiger partial charge in [0.1, 0.15) is 11.5 Å². The Hall–Kier alpha value is -2.63. The summed E-state index contributed by atoms with van der Waals surface area (Å²) in [6.45, 7) is 3.31. The molecule has 0 atom stereocenters. The van der Waals surface area contributed by atoms with Crippen LogP contribution >= 0.6 is 0 Å². The minimum absolute atomic E-state index is 0.0132. The predicted octanol–water partition coefficient (Wildman–Crippen LogP) is 1.83. The van der Waals surface area contributed by atoms with Crippen molar-refractivity contribution in [1.29, 1.82) is 0 Å². The number of hydrogen-bond acceptors (Lipinski definition) is 5. The van der Waals surface area contributed by atoms with Gasteiger partial charge in [-0.2, -0.15) is 0 Å². The van der Waals surface area contributed by atoms with Crippen molar-refractivity contribution in [2.24, 2.45) is 0 Å². The number of methoxy groups -OCH3 is 1. The molecule has 0 heterocycles. The Kier molecular flexibility index (Phi) is 5.46. The molecule has 0 saturated heterocycles. The van der Waals surface area contributed by atoms with Crippen molar-refractivity contribution in [1.82, 2.24) is 0 Å². The lowest BCUT2D eigenvalue weighted by atomic mass is 10.1. The minimum atomic E-state index is -1.16. The fourth-order valence-corrected chi connectivity index (χ4v) is 1.37. The van der Waals surface area contributed by atoms with E-state index in [0.717, 1.165) is 0 Å². The summed E-state index contributed by atoms with van der Waals surface area (Å²) in [6, 6.07) is 4.42. The lowest BCUT2D eigenvalue weighted by molar-refractivity contribution is -0.134. The number of ether oxygens (including phenoxy) is 2. The first-order chi connectivity index (χ1) is 9.47. The first-order valence-electron chi connectivity index (χ1n) is 5.73. The molecule has 6 heteroatoms. The maximum absolute atomic E-state index is 11.6. The average molecular weight is 278 g/mol. The summed E-state index contributed by atoms with van der Waals surface area (Å²) in [5.41, 5.74) is 0.0991. The predicted molar refractivity (Wildman–Crippen MR) is 70.0 cm³/mol. The van der Waals surface area contributed by atoms with Crippen LogP contribution < -0.4 is 9.47 Å². The largest absolute Gasteiger partial charge is 0.497 e. The molecule has 0 spiro atoms. The van der Waals surface area contributed by atoms with Gasteiger partial charge in [-0.3, -0.25) is 9.59 Å². The van der Waals surface area contributed by atoms with E-state index < -0.39 is 11.9 Å². The Labute approximate surface area is 115 Å². The highest BCUT2D eigenvalue weighted by Crippen LogP contribution is 2.23. The molecule has 0 bridgehead atoms. The summed E-state index contributed by atoms with van der Waals surface area (Å²) in [5.74, 6) is -1.23. The molecule has 0 saturated carbocycles. The Morgan fingerprint density at radius 1 is 1.35 bits per heavy atom. The molecule has 1 N–H and O–H groups in total. The van der Waals surface area contributed by atoms with E-state index >= 15 is 0 Å². The monoisotopic (exact) mass is 278 g/mol. The zero-order valence-corrected chi connectivity index (χ0v) is 10.9. The van der Waals surface area contributed by atoms with Gasteiger partial charge in [-0.05, 0) is 24.6 Å². The first-order valence-corrected chi connectivity index (χ1v) is 5.73. The number of hydrogen-bond donors (Lipinski definition) is 1. The van der Waals surface area contributed by atoms with Crippen LogP contribution in [0.25, 0.3) is 0 Å². The highest BCUT2D eigenvalue weighted by Gasteiger charge is 2.12. The first kappa shape index (κ1) is 15.4. The average Bonchev–Trinajstić information content (AvgIpc) is 2.44. The number of rotatable bonds is 7. The molecule has 1 rings (SSSR count). The van der Waals surface area contributed by atoms with Gasteiger partial charge < -0.3 is 14.6 Å². The van der Waals surface area contributed by atoms with Crippen molar-refractivity contribution < 1.29 is 29.0 Å². The van der Waals surface area contributed by atoms with Crippen LogP contribution in [0.3, 0.4) is 0 Å². The zero-order chi connectivity index (χ0) is 15.1. The summed E-state index contributed by atoms with van der Waals surface area (Å²) in [4.78, 5) is 33.0. The quantitative estimate of drug-likeness (QED) is 0.354. The van der Waals surface area contributed by atoms with E-state index in [1.165, 1.54) is 19.2 Å². The molecule has 0 aliphatic heterocycles. The van der Waals surface area contributed by atoms with E-state index in [0.29, 0.717) is 12.0 Å². The van der Waals surface area contributed by atoms with Crippen molar-refractivity contribution in [2.45, 2.75) is 12.8 Å². The summed E-state index contributed by atoms with van der Waals surface area (Å²) >= 11 is 0. The maximum Gasteiger partial charge on any atom is 0.330 e. The molecular formula is C14H14O6. The third-order valence-corrected chi connectivity index (χ3v) is 2.50. The molecule has 0 amide bonds. The van der Waals surface area contributed by atoms with E-state index in [2.05, 4.69) is 6.58 Å². The van der Waals surface area contributed by atoms with Crippen LogP contribution in [0.1, 0.15) is 23.2 Å². The lowest BCUT2D eigenvalue weighted by Crippen LogP contribution is -2.11. The second kappa shape index (κ2) is 7.08. The van der Waals surface area contributed by atoms with E-state index in [9.17, 15) is 14.4 Å². The second-order valence-electron chi connectivity index (χ2n) is 3.90.